The van der Waals surface area contributed by atoms with Crippen molar-refractivity contribution in [2.24, 2.45) is 0 Å². The zero-order valence-electron chi connectivity index (χ0n) is 14.1. The van der Waals surface area contributed by atoms with E-state index in [0.717, 1.165) is 17.0 Å². The number of carbonyl (C=O) groups is 1. The van der Waals surface area contributed by atoms with Gasteiger partial charge in [0.15, 0.2) is 0 Å². The predicted octanol–water partition coefficient (Wildman–Crippen LogP) is 5.29. The van der Waals surface area contributed by atoms with Crippen molar-refractivity contribution >= 4 is 34.0 Å². The van der Waals surface area contributed by atoms with E-state index in [-0.39, 0.29) is 11.8 Å². The van der Waals surface area contributed by atoms with Gasteiger partial charge in [0.2, 0.25) is 11.0 Å². The van der Waals surface area contributed by atoms with Gasteiger partial charge in [0.05, 0.1) is 0 Å². The molecule has 0 fully saturated rings. The SMILES string of the molecule is CCCCCCCCc1ccc(-c2nnc(NC(=O)CCl)s2)cc1. The van der Waals surface area contributed by atoms with Crippen molar-refractivity contribution in [1.82, 2.24) is 10.2 Å². The maximum absolute atomic E-state index is 11.3. The minimum absolute atomic E-state index is 0.0813. The van der Waals surface area contributed by atoms with Gasteiger partial charge in [-0.15, -0.1) is 21.8 Å². The van der Waals surface area contributed by atoms with Crippen LogP contribution in [0.3, 0.4) is 0 Å². The Hall–Kier alpha value is -1.46. The molecule has 6 heteroatoms. The van der Waals surface area contributed by atoms with Crippen molar-refractivity contribution in [3.8, 4) is 10.6 Å². The van der Waals surface area contributed by atoms with Crippen LogP contribution in [0.2, 0.25) is 0 Å². The first-order valence-corrected chi connectivity index (χ1v) is 9.86. The Labute approximate surface area is 152 Å². The number of halogens is 1. The third-order valence-corrected chi connectivity index (χ3v) is 4.94. The van der Waals surface area contributed by atoms with Crippen LogP contribution < -0.4 is 5.32 Å². The second-order valence-corrected chi connectivity index (χ2v) is 7.05. The van der Waals surface area contributed by atoms with Crippen LogP contribution in [0.25, 0.3) is 10.6 Å². The van der Waals surface area contributed by atoms with Crippen LogP contribution in [-0.4, -0.2) is 22.0 Å². The molecule has 4 nitrogen and oxygen atoms in total. The average Bonchev–Trinajstić information content (AvgIpc) is 3.07. The number of carbonyl (C=O) groups excluding carboxylic acids is 1. The molecule has 1 amide bonds. The van der Waals surface area contributed by atoms with Crippen LogP contribution in [0.4, 0.5) is 5.13 Å². The maximum Gasteiger partial charge on any atom is 0.241 e. The number of aromatic nitrogens is 2. The van der Waals surface area contributed by atoms with Crippen LogP contribution in [0.15, 0.2) is 24.3 Å². The molecular weight excluding hydrogens is 342 g/mol. The van der Waals surface area contributed by atoms with E-state index in [2.05, 4.69) is 46.7 Å². The van der Waals surface area contributed by atoms with E-state index in [9.17, 15) is 4.79 Å². The van der Waals surface area contributed by atoms with Gasteiger partial charge in [-0.1, -0.05) is 74.6 Å². The fourth-order valence-electron chi connectivity index (χ4n) is 2.47. The van der Waals surface area contributed by atoms with Crippen LogP contribution in [-0.2, 0) is 11.2 Å². The van der Waals surface area contributed by atoms with Crippen molar-refractivity contribution in [2.45, 2.75) is 51.9 Å². The van der Waals surface area contributed by atoms with Gasteiger partial charge >= 0.3 is 0 Å². The summed E-state index contributed by atoms with van der Waals surface area (Å²) < 4.78 is 0. The molecule has 2 rings (SSSR count). The largest absolute Gasteiger partial charge is 0.299 e. The highest BCUT2D eigenvalue weighted by Crippen LogP contribution is 2.26. The van der Waals surface area contributed by atoms with E-state index in [0.29, 0.717) is 5.13 Å². The van der Waals surface area contributed by atoms with E-state index < -0.39 is 0 Å². The third kappa shape index (κ3) is 6.21. The minimum atomic E-state index is -0.270. The van der Waals surface area contributed by atoms with Gasteiger partial charge < -0.3 is 0 Å². The zero-order chi connectivity index (χ0) is 17.2. The molecule has 0 unspecified atom stereocenters. The summed E-state index contributed by atoms with van der Waals surface area (Å²) in [4.78, 5) is 11.3. The molecule has 1 N–H and O–H groups in total. The molecule has 0 aliphatic carbocycles. The van der Waals surface area contributed by atoms with Gasteiger partial charge in [0.25, 0.3) is 0 Å². The van der Waals surface area contributed by atoms with Gasteiger partial charge in [0, 0.05) is 5.56 Å². The van der Waals surface area contributed by atoms with E-state index >= 15 is 0 Å². The maximum atomic E-state index is 11.3. The molecule has 0 radical (unpaired) electrons. The molecule has 0 aliphatic rings. The van der Waals surface area contributed by atoms with Crippen molar-refractivity contribution in [2.75, 3.05) is 11.2 Å². The highest BCUT2D eigenvalue weighted by atomic mass is 35.5. The second-order valence-electron chi connectivity index (χ2n) is 5.81. The highest BCUT2D eigenvalue weighted by Gasteiger charge is 2.09. The Morgan fingerprint density at radius 3 is 2.50 bits per heavy atom. The molecule has 0 atom stereocenters. The smallest absolute Gasteiger partial charge is 0.241 e. The van der Waals surface area contributed by atoms with Gasteiger partial charge in [-0.2, -0.15) is 0 Å². The van der Waals surface area contributed by atoms with Gasteiger partial charge in [-0.3, -0.25) is 10.1 Å². The first-order valence-electron chi connectivity index (χ1n) is 8.51. The molecule has 1 heterocycles. The Balaban J connectivity index is 1.82. The number of anilines is 1. The van der Waals surface area contributed by atoms with Crippen LogP contribution in [0, 0.1) is 0 Å². The molecule has 2 aromatic rings. The lowest BCUT2D eigenvalue weighted by Crippen LogP contribution is -2.12. The summed E-state index contributed by atoms with van der Waals surface area (Å²) in [6.45, 7) is 2.24. The van der Waals surface area contributed by atoms with Gasteiger partial charge in [-0.05, 0) is 18.4 Å². The van der Waals surface area contributed by atoms with Crippen LogP contribution >= 0.6 is 22.9 Å². The normalized spacial score (nSPS) is 10.8. The lowest BCUT2D eigenvalue weighted by molar-refractivity contribution is -0.113. The zero-order valence-corrected chi connectivity index (χ0v) is 15.6. The topological polar surface area (TPSA) is 54.9 Å². The standard InChI is InChI=1S/C18H24ClN3OS/c1-2-3-4-5-6-7-8-14-9-11-15(12-10-14)17-21-22-18(24-17)20-16(23)13-19/h9-12H,2-8,13H2,1H3,(H,20,22,23). The molecule has 0 saturated carbocycles. The van der Waals surface area contributed by atoms with Gasteiger partial charge in [-0.25, -0.2) is 0 Å². The Morgan fingerprint density at radius 2 is 1.79 bits per heavy atom. The van der Waals surface area contributed by atoms with E-state index in [4.69, 9.17) is 11.6 Å². The number of alkyl halides is 1. The third-order valence-electron chi connectivity index (χ3n) is 3.81. The molecule has 0 saturated heterocycles. The van der Waals surface area contributed by atoms with Crippen molar-refractivity contribution in [3.05, 3.63) is 29.8 Å². The molecule has 0 aliphatic heterocycles. The van der Waals surface area contributed by atoms with E-state index in [1.165, 1.54) is 55.4 Å². The van der Waals surface area contributed by atoms with E-state index in [1.807, 2.05) is 0 Å². The number of hydrogen-bond acceptors (Lipinski definition) is 4. The number of benzene rings is 1. The molecule has 130 valence electrons. The first kappa shape index (κ1) is 18.9. The van der Waals surface area contributed by atoms with Crippen LogP contribution in [0.1, 0.15) is 51.0 Å². The Bertz CT molecular complexity index is 627. The van der Waals surface area contributed by atoms with E-state index in [1.54, 1.807) is 0 Å². The molecule has 0 bridgehead atoms. The monoisotopic (exact) mass is 365 g/mol. The summed E-state index contributed by atoms with van der Waals surface area (Å²) in [6.07, 6.45) is 9.02. The molecule has 1 aromatic heterocycles. The Morgan fingerprint density at radius 1 is 1.08 bits per heavy atom. The molecule has 1 aromatic carbocycles. The summed E-state index contributed by atoms with van der Waals surface area (Å²) in [6, 6.07) is 8.44. The number of nitrogens with zero attached hydrogens (tertiary/aromatic N) is 2. The second kappa shape index (κ2) is 10.4. The van der Waals surface area contributed by atoms with Crippen molar-refractivity contribution in [3.63, 3.8) is 0 Å². The Kier molecular flexibility index (Phi) is 8.19. The molecule has 24 heavy (non-hydrogen) atoms. The number of unbranched alkanes of at least 4 members (excludes halogenated alkanes) is 5. The lowest BCUT2D eigenvalue weighted by Gasteiger charge is -2.03. The predicted molar refractivity (Wildman–Crippen MR) is 102 cm³/mol. The average molecular weight is 366 g/mol. The van der Waals surface area contributed by atoms with Crippen molar-refractivity contribution < 1.29 is 4.79 Å². The molecular formula is C18H24ClN3OS. The highest BCUT2D eigenvalue weighted by molar-refractivity contribution is 7.18. The number of rotatable bonds is 10. The first-order chi connectivity index (χ1) is 11.7. The number of hydrogen-bond donors (Lipinski definition) is 1. The van der Waals surface area contributed by atoms with Crippen LogP contribution in [0.5, 0.6) is 0 Å². The summed E-state index contributed by atoms with van der Waals surface area (Å²) in [5, 5.41) is 12.0. The summed E-state index contributed by atoms with van der Waals surface area (Å²) in [5.41, 5.74) is 2.37. The lowest BCUT2D eigenvalue weighted by atomic mass is 10.0. The quantitative estimate of drug-likeness (QED) is 0.460. The minimum Gasteiger partial charge on any atom is -0.299 e. The number of amides is 1. The fraction of sp³-hybridized carbons (Fsp3) is 0.500. The van der Waals surface area contributed by atoms with Crippen molar-refractivity contribution in [1.29, 1.82) is 0 Å². The fourth-order valence-corrected chi connectivity index (χ4v) is 3.30. The number of nitrogens with one attached hydrogen (secondary N) is 1. The van der Waals surface area contributed by atoms with Gasteiger partial charge in [0.1, 0.15) is 10.9 Å². The summed E-state index contributed by atoms with van der Waals surface area (Å²) in [7, 11) is 0. The number of aryl methyl sites for hydroxylation is 1. The summed E-state index contributed by atoms with van der Waals surface area (Å²) in [5.74, 6) is -0.351. The molecule has 0 spiro atoms. The summed E-state index contributed by atoms with van der Waals surface area (Å²) >= 11 is 6.82.